The first kappa shape index (κ1) is 10.6. The average Bonchev–Trinajstić information content (AvgIpc) is 2.56. The number of piperidine rings is 1. The van der Waals surface area contributed by atoms with Crippen LogP contribution in [0.2, 0.25) is 0 Å². The van der Waals surface area contributed by atoms with Crippen LogP contribution >= 0.6 is 0 Å². The summed E-state index contributed by atoms with van der Waals surface area (Å²) >= 11 is 0. The predicted molar refractivity (Wildman–Crippen MR) is 91.1 cm³/mol. The molecule has 3 atom stereocenters. The number of ether oxygens (including phenoxy) is 2. The molecular formula is C19H29NO3. The third-order valence-corrected chi connectivity index (χ3v) is 4.65. The zero-order valence-corrected chi connectivity index (χ0v) is 13.9. The van der Waals surface area contributed by atoms with Gasteiger partial charge in [-0.2, -0.15) is 0 Å². The fourth-order valence-electron chi connectivity index (χ4n) is 3.54. The lowest BCUT2D eigenvalue weighted by Crippen LogP contribution is -2.48. The lowest BCUT2D eigenvalue weighted by atomic mass is 9.79. The van der Waals surface area contributed by atoms with E-state index >= 15 is 0 Å². The van der Waals surface area contributed by atoms with Gasteiger partial charge in [-0.1, -0.05) is 13.8 Å². The summed E-state index contributed by atoms with van der Waals surface area (Å²) in [5.41, 5.74) is 1.23. The van der Waals surface area contributed by atoms with Crippen molar-refractivity contribution in [3.8, 4) is 11.5 Å². The zero-order valence-electron chi connectivity index (χ0n) is 19.9. The Morgan fingerprint density at radius 2 is 2.22 bits per heavy atom. The van der Waals surface area contributed by atoms with Crippen molar-refractivity contribution in [2.45, 2.75) is 45.2 Å². The molecule has 2 aliphatic rings. The van der Waals surface area contributed by atoms with Gasteiger partial charge in [0.2, 0.25) is 0 Å². The highest BCUT2D eigenvalue weighted by Gasteiger charge is 2.38. The van der Waals surface area contributed by atoms with Crippen LogP contribution in [-0.4, -0.2) is 43.3 Å². The summed E-state index contributed by atoms with van der Waals surface area (Å²) in [7, 11) is -1.25. The molecule has 23 heavy (non-hydrogen) atoms. The minimum atomic E-state index is -2.64. The number of nitrogens with zero attached hydrogens (tertiary/aromatic N) is 1. The van der Waals surface area contributed by atoms with Gasteiger partial charge in [0.1, 0.15) is 0 Å². The molecule has 3 rings (SSSR count). The van der Waals surface area contributed by atoms with E-state index in [1.807, 2.05) is 13.8 Å². The van der Waals surface area contributed by atoms with Crippen molar-refractivity contribution in [2.24, 2.45) is 11.8 Å². The monoisotopic (exact) mass is 325 g/mol. The van der Waals surface area contributed by atoms with Crippen molar-refractivity contribution < 1.29 is 22.8 Å². The van der Waals surface area contributed by atoms with Crippen LogP contribution in [0.15, 0.2) is 12.1 Å². The second kappa shape index (κ2) is 6.70. The molecule has 1 aromatic carbocycles. The van der Waals surface area contributed by atoms with E-state index in [4.69, 9.17) is 17.7 Å². The summed E-state index contributed by atoms with van der Waals surface area (Å²) < 4.78 is 59.0. The SMILES string of the molecule is [2H]C([2H])([2H])Oc1cc2c(cc1OC)C1([2H])CC(O)C(CC(C)C)C([2H])([2H])N1CC2. The molecule has 0 amide bonds. The summed E-state index contributed by atoms with van der Waals surface area (Å²) in [6.07, 6.45) is 0.0831. The van der Waals surface area contributed by atoms with Gasteiger partial charge >= 0.3 is 0 Å². The molecule has 1 saturated heterocycles. The van der Waals surface area contributed by atoms with E-state index in [2.05, 4.69) is 0 Å². The Hall–Kier alpha value is -1.26. The van der Waals surface area contributed by atoms with E-state index in [1.165, 1.54) is 12.0 Å². The number of fused-ring (bicyclic) bond motifs is 3. The smallest absolute Gasteiger partial charge is 0.161 e. The molecule has 128 valence electrons. The summed E-state index contributed by atoms with van der Waals surface area (Å²) in [4.78, 5) is 1.53. The highest BCUT2D eigenvalue weighted by Crippen LogP contribution is 2.43. The number of rotatable bonds is 4. The zero-order chi connectivity index (χ0) is 21.8. The number of methoxy groups -OCH3 is 2. The first-order valence-electron chi connectivity index (χ1n) is 11.2. The van der Waals surface area contributed by atoms with Gasteiger partial charge in [0.05, 0.1) is 25.7 Å². The van der Waals surface area contributed by atoms with Crippen LogP contribution in [0.1, 0.15) is 52.1 Å². The largest absolute Gasteiger partial charge is 0.493 e. The summed E-state index contributed by atoms with van der Waals surface area (Å²) in [6.45, 7) is 2.44. The molecule has 0 aromatic heterocycles. The van der Waals surface area contributed by atoms with Gasteiger partial charge in [-0.05, 0) is 54.4 Å². The van der Waals surface area contributed by atoms with Crippen LogP contribution in [0.5, 0.6) is 11.5 Å². The van der Waals surface area contributed by atoms with Crippen LogP contribution in [0.3, 0.4) is 0 Å². The summed E-state index contributed by atoms with van der Waals surface area (Å²) in [5, 5.41) is 10.8. The molecule has 0 bridgehead atoms. The van der Waals surface area contributed by atoms with Crippen LogP contribution in [-0.2, 0) is 6.42 Å². The summed E-state index contributed by atoms with van der Waals surface area (Å²) in [6, 6.07) is 1.65. The molecule has 1 fully saturated rings. The molecule has 0 radical (unpaired) electrons. The predicted octanol–water partition coefficient (Wildman–Crippen LogP) is 3.03. The van der Waals surface area contributed by atoms with Crippen molar-refractivity contribution in [1.29, 1.82) is 0 Å². The standard InChI is InChI=1S/C19H29NO3/c1-12(2)7-14-11-20-6-5-13-8-18(22-3)19(23-4)9-15(13)16(20)10-17(14)21/h8-9,12,14,16-17,21H,5-7,10-11H2,1-4H3/i3D3,11D2,16D. The van der Waals surface area contributed by atoms with Crippen LogP contribution in [0.4, 0.5) is 0 Å². The van der Waals surface area contributed by atoms with Gasteiger partial charge in [0.15, 0.2) is 11.5 Å². The third-order valence-electron chi connectivity index (χ3n) is 4.65. The first-order valence-corrected chi connectivity index (χ1v) is 8.16. The highest BCUT2D eigenvalue weighted by molar-refractivity contribution is 5.49. The Morgan fingerprint density at radius 1 is 1.43 bits per heavy atom. The maximum atomic E-state index is 10.8. The number of hydrogen-bond acceptors (Lipinski definition) is 4. The molecule has 1 N–H and O–H groups in total. The fourth-order valence-corrected chi connectivity index (χ4v) is 3.54. The minimum absolute atomic E-state index is 0.0690. The average molecular weight is 325 g/mol. The molecule has 0 aliphatic carbocycles. The molecule has 0 saturated carbocycles. The number of aliphatic hydroxyl groups excluding tert-OH is 1. The van der Waals surface area contributed by atoms with Gasteiger partial charge in [-0.25, -0.2) is 0 Å². The Labute approximate surface area is 147 Å². The maximum Gasteiger partial charge on any atom is 0.161 e. The lowest BCUT2D eigenvalue weighted by Gasteiger charge is -2.46. The fraction of sp³-hybridized carbons (Fsp3) is 0.684. The first-order chi connectivity index (χ1) is 13.3. The van der Waals surface area contributed by atoms with Gasteiger partial charge in [-0.15, -0.1) is 0 Å². The molecular weight excluding hydrogens is 290 g/mol. The van der Waals surface area contributed by atoms with Crippen LogP contribution in [0.25, 0.3) is 0 Å². The number of aliphatic hydroxyl groups is 1. The van der Waals surface area contributed by atoms with Crippen LogP contribution < -0.4 is 9.47 Å². The summed E-state index contributed by atoms with van der Waals surface area (Å²) in [5.74, 6) is -0.115. The Kier molecular flexibility index (Phi) is 3.08. The van der Waals surface area contributed by atoms with Crippen molar-refractivity contribution in [3.63, 3.8) is 0 Å². The van der Waals surface area contributed by atoms with Gasteiger partial charge in [-0.3, -0.25) is 4.90 Å². The van der Waals surface area contributed by atoms with Crippen molar-refractivity contribution in [1.82, 2.24) is 4.90 Å². The van der Waals surface area contributed by atoms with Gasteiger partial charge in [0, 0.05) is 21.8 Å². The Balaban J connectivity index is 2.06. The molecule has 2 aliphatic heterocycles. The van der Waals surface area contributed by atoms with E-state index in [1.54, 1.807) is 12.1 Å². The maximum absolute atomic E-state index is 10.8. The number of hydrogen-bond donors (Lipinski definition) is 1. The minimum Gasteiger partial charge on any atom is -0.493 e. The van der Waals surface area contributed by atoms with Crippen molar-refractivity contribution in [2.75, 3.05) is 27.2 Å². The number of benzene rings is 1. The molecule has 4 nitrogen and oxygen atoms in total. The quantitative estimate of drug-likeness (QED) is 0.924. The third kappa shape index (κ3) is 3.20. The van der Waals surface area contributed by atoms with Gasteiger partial charge in [0.25, 0.3) is 0 Å². The second-order valence-electron chi connectivity index (χ2n) is 6.75. The molecule has 1 aromatic rings. The van der Waals surface area contributed by atoms with Crippen molar-refractivity contribution in [3.05, 3.63) is 23.3 Å². The van der Waals surface area contributed by atoms with E-state index in [0.717, 1.165) is 0 Å². The molecule has 4 heteroatoms. The molecule has 2 heterocycles. The van der Waals surface area contributed by atoms with E-state index in [9.17, 15) is 5.11 Å². The molecule has 0 spiro atoms. The van der Waals surface area contributed by atoms with Crippen LogP contribution in [0, 0.1) is 11.8 Å². The van der Waals surface area contributed by atoms with Crippen molar-refractivity contribution >= 4 is 0 Å². The highest BCUT2D eigenvalue weighted by atomic mass is 16.5. The Morgan fingerprint density at radius 3 is 2.91 bits per heavy atom. The molecule has 3 unspecified atom stereocenters. The van der Waals surface area contributed by atoms with Gasteiger partial charge < -0.3 is 14.6 Å². The second-order valence-corrected chi connectivity index (χ2v) is 6.75. The van der Waals surface area contributed by atoms with E-state index in [-0.39, 0.29) is 23.8 Å². The topological polar surface area (TPSA) is 41.9 Å². The lowest BCUT2D eigenvalue weighted by molar-refractivity contribution is -0.0191. The van der Waals surface area contributed by atoms with E-state index < -0.39 is 31.6 Å². The normalized spacial score (nSPS) is 37.3. The van der Waals surface area contributed by atoms with E-state index in [0.29, 0.717) is 30.5 Å². The Bertz CT molecular complexity index is 769.